The molecule has 0 bridgehead atoms. The number of nitrogens with one attached hydrogen (secondary N) is 1. The Morgan fingerprint density at radius 1 is 1.55 bits per heavy atom. The number of non-ortho nitro benzene ring substituents is 1. The lowest BCUT2D eigenvalue weighted by Crippen LogP contribution is -2.28. The normalized spacial score (nSPS) is 11.8. The van der Waals surface area contributed by atoms with Crippen molar-refractivity contribution >= 4 is 22.9 Å². The van der Waals surface area contributed by atoms with E-state index in [0.717, 1.165) is 0 Å². The van der Waals surface area contributed by atoms with E-state index in [9.17, 15) is 14.9 Å². The predicted molar refractivity (Wildman–Crippen MR) is 75.7 cm³/mol. The van der Waals surface area contributed by atoms with Gasteiger partial charge in [0, 0.05) is 17.5 Å². The molecule has 2 rings (SSSR count). The predicted octanol–water partition coefficient (Wildman–Crippen LogP) is 2.93. The molecule has 1 heterocycles. The smallest absolute Gasteiger partial charge is 0.271 e. The van der Waals surface area contributed by atoms with Crippen LogP contribution in [-0.2, 0) is 0 Å². The molecule has 0 radical (unpaired) electrons. The van der Waals surface area contributed by atoms with Crippen LogP contribution in [0.4, 0.5) is 5.69 Å². The van der Waals surface area contributed by atoms with E-state index < -0.39 is 4.92 Å². The summed E-state index contributed by atoms with van der Waals surface area (Å²) in [7, 11) is 0. The number of nitro groups is 1. The van der Waals surface area contributed by atoms with Crippen molar-refractivity contribution in [2.24, 2.45) is 0 Å². The molecule has 104 valence electrons. The highest BCUT2D eigenvalue weighted by Gasteiger charge is 2.17. The van der Waals surface area contributed by atoms with Crippen LogP contribution < -0.4 is 5.32 Å². The van der Waals surface area contributed by atoms with Gasteiger partial charge in [0.05, 0.1) is 16.5 Å². The van der Waals surface area contributed by atoms with Crippen LogP contribution in [0.5, 0.6) is 0 Å². The Balaban J connectivity index is 2.18. The van der Waals surface area contributed by atoms with Crippen molar-refractivity contribution in [3.05, 3.63) is 56.5 Å². The van der Waals surface area contributed by atoms with Crippen molar-refractivity contribution in [2.45, 2.75) is 19.4 Å². The molecule has 0 saturated heterocycles. The minimum atomic E-state index is -0.446. The van der Waals surface area contributed by atoms with Gasteiger partial charge in [0.25, 0.3) is 11.6 Å². The lowest BCUT2D eigenvalue weighted by molar-refractivity contribution is -0.384. The summed E-state index contributed by atoms with van der Waals surface area (Å²) in [6.07, 6.45) is 0.636. The van der Waals surface area contributed by atoms with Gasteiger partial charge in [-0.05, 0) is 12.0 Å². The number of benzene rings is 1. The minimum absolute atomic E-state index is 0.0175. The number of hydrogen-bond donors (Lipinski definition) is 1. The molecule has 20 heavy (non-hydrogen) atoms. The maximum Gasteiger partial charge on any atom is 0.271 e. The highest BCUT2D eigenvalue weighted by molar-refractivity contribution is 7.07. The lowest BCUT2D eigenvalue weighted by atomic mass is 10.0. The monoisotopic (exact) mass is 291 g/mol. The molecule has 1 N–H and O–H groups in total. The average Bonchev–Trinajstić information content (AvgIpc) is 2.99. The first-order chi connectivity index (χ1) is 9.61. The molecule has 6 nitrogen and oxygen atoms in total. The first-order valence-electron chi connectivity index (χ1n) is 6.05. The van der Waals surface area contributed by atoms with Gasteiger partial charge in [-0.3, -0.25) is 14.9 Å². The van der Waals surface area contributed by atoms with E-state index in [4.69, 9.17) is 0 Å². The van der Waals surface area contributed by atoms with Gasteiger partial charge in [0.15, 0.2) is 0 Å². The number of thiazole rings is 1. The summed E-state index contributed by atoms with van der Waals surface area (Å²) in [6, 6.07) is 6.02. The fourth-order valence-corrected chi connectivity index (χ4v) is 2.37. The maximum absolute atomic E-state index is 12.0. The molecular weight excluding hydrogens is 278 g/mol. The quantitative estimate of drug-likeness (QED) is 0.678. The largest absolute Gasteiger partial charge is 0.344 e. The fourth-order valence-electron chi connectivity index (χ4n) is 1.83. The van der Waals surface area contributed by atoms with E-state index in [0.29, 0.717) is 17.7 Å². The standard InChI is InChI=1S/C13H13N3O3S/c1-2-11(15-13(17)12-7-20-8-14-12)9-4-3-5-10(6-9)16(18)19/h3-8,11H,2H2,1H3,(H,15,17). The van der Waals surface area contributed by atoms with Crippen LogP contribution in [0.25, 0.3) is 0 Å². The van der Waals surface area contributed by atoms with Gasteiger partial charge >= 0.3 is 0 Å². The second kappa shape index (κ2) is 6.25. The van der Waals surface area contributed by atoms with Crippen molar-refractivity contribution in [1.82, 2.24) is 10.3 Å². The van der Waals surface area contributed by atoms with Crippen LogP contribution in [-0.4, -0.2) is 15.8 Å². The number of carbonyl (C=O) groups is 1. The molecule has 1 amide bonds. The molecule has 2 aromatic rings. The second-order valence-electron chi connectivity index (χ2n) is 4.16. The van der Waals surface area contributed by atoms with Gasteiger partial charge in [-0.2, -0.15) is 0 Å². The number of nitrogens with zero attached hydrogens (tertiary/aromatic N) is 2. The van der Waals surface area contributed by atoms with E-state index in [1.165, 1.54) is 23.5 Å². The van der Waals surface area contributed by atoms with Crippen molar-refractivity contribution in [2.75, 3.05) is 0 Å². The van der Waals surface area contributed by atoms with Crippen LogP contribution in [0.2, 0.25) is 0 Å². The third-order valence-electron chi connectivity index (χ3n) is 2.86. The molecule has 0 fully saturated rings. The van der Waals surface area contributed by atoms with Gasteiger partial charge in [-0.15, -0.1) is 11.3 Å². The van der Waals surface area contributed by atoms with E-state index in [2.05, 4.69) is 10.3 Å². The minimum Gasteiger partial charge on any atom is -0.344 e. The molecule has 0 aliphatic carbocycles. The molecule has 0 spiro atoms. The molecule has 0 saturated carbocycles. The summed E-state index contributed by atoms with van der Waals surface area (Å²) in [6.45, 7) is 1.91. The SMILES string of the molecule is CCC(NC(=O)c1cscn1)c1cccc([N+](=O)[O-])c1. The highest BCUT2D eigenvalue weighted by Crippen LogP contribution is 2.22. The zero-order valence-electron chi connectivity index (χ0n) is 10.8. The van der Waals surface area contributed by atoms with E-state index in [-0.39, 0.29) is 17.6 Å². The topological polar surface area (TPSA) is 85.1 Å². The van der Waals surface area contributed by atoms with E-state index in [1.807, 2.05) is 6.92 Å². The molecule has 7 heteroatoms. The molecule has 1 atom stereocenters. The van der Waals surface area contributed by atoms with Gasteiger partial charge in [-0.1, -0.05) is 19.1 Å². The number of nitro benzene ring substituents is 1. The maximum atomic E-state index is 12.0. The Kier molecular flexibility index (Phi) is 4.41. The third kappa shape index (κ3) is 3.18. The number of carbonyl (C=O) groups excluding carboxylic acids is 1. The molecule has 0 aliphatic rings. The van der Waals surface area contributed by atoms with Crippen molar-refractivity contribution in [3.63, 3.8) is 0 Å². The van der Waals surface area contributed by atoms with Gasteiger partial charge < -0.3 is 5.32 Å². The lowest BCUT2D eigenvalue weighted by Gasteiger charge is -2.16. The molecule has 1 aromatic carbocycles. The molecule has 1 aromatic heterocycles. The molecule has 0 aliphatic heterocycles. The summed E-state index contributed by atoms with van der Waals surface area (Å²) in [4.78, 5) is 26.2. The summed E-state index contributed by atoms with van der Waals surface area (Å²) in [5.74, 6) is -0.274. The third-order valence-corrected chi connectivity index (χ3v) is 3.45. The first-order valence-corrected chi connectivity index (χ1v) is 6.99. The number of aromatic nitrogens is 1. The summed E-state index contributed by atoms with van der Waals surface area (Å²) in [5.41, 5.74) is 2.68. The van der Waals surface area contributed by atoms with Crippen molar-refractivity contribution in [3.8, 4) is 0 Å². The second-order valence-corrected chi connectivity index (χ2v) is 4.88. The van der Waals surface area contributed by atoms with Crippen LogP contribution in [0.1, 0.15) is 35.4 Å². The molecule has 1 unspecified atom stereocenters. The van der Waals surface area contributed by atoms with Crippen LogP contribution in [0, 0.1) is 10.1 Å². The summed E-state index contributed by atoms with van der Waals surface area (Å²) < 4.78 is 0. The van der Waals surface area contributed by atoms with Crippen LogP contribution in [0.15, 0.2) is 35.2 Å². The van der Waals surface area contributed by atoms with Gasteiger partial charge in [-0.25, -0.2) is 4.98 Å². The first kappa shape index (κ1) is 14.1. The van der Waals surface area contributed by atoms with Gasteiger partial charge in [0.2, 0.25) is 0 Å². The Bertz CT molecular complexity index is 613. The molecular formula is C13H13N3O3S. The Morgan fingerprint density at radius 2 is 2.35 bits per heavy atom. The summed E-state index contributed by atoms with van der Waals surface area (Å²) >= 11 is 1.34. The van der Waals surface area contributed by atoms with Crippen molar-refractivity contribution in [1.29, 1.82) is 0 Å². The summed E-state index contributed by atoms with van der Waals surface area (Å²) in [5, 5.41) is 15.3. The number of rotatable bonds is 5. The highest BCUT2D eigenvalue weighted by atomic mass is 32.1. The Hall–Kier alpha value is -2.28. The van der Waals surface area contributed by atoms with Crippen LogP contribution >= 0.6 is 11.3 Å². The number of hydrogen-bond acceptors (Lipinski definition) is 5. The Labute approximate surface area is 119 Å². The van der Waals surface area contributed by atoms with E-state index in [1.54, 1.807) is 23.0 Å². The van der Waals surface area contributed by atoms with Gasteiger partial charge in [0.1, 0.15) is 5.69 Å². The zero-order chi connectivity index (χ0) is 14.5. The van der Waals surface area contributed by atoms with E-state index >= 15 is 0 Å². The fraction of sp³-hybridized carbons (Fsp3) is 0.231. The van der Waals surface area contributed by atoms with Crippen LogP contribution in [0.3, 0.4) is 0 Å². The Morgan fingerprint density at radius 3 is 2.95 bits per heavy atom. The number of amides is 1. The average molecular weight is 291 g/mol. The van der Waals surface area contributed by atoms with Crippen molar-refractivity contribution < 1.29 is 9.72 Å². The zero-order valence-corrected chi connectivity index (χ0v) is 11.6.